The van der Waals surface area contributed by atoms with Gasteiger partial charge in [-0.05, 0) is 37.1 Å². The second-order valence-electron chi connectivity index (χ2n) is 5.89. The molecule has 1 saturated carbocycles. The summed E-state index contributed by atoms with van der Waals surface area (Å²) in [5.41, 5.74) is 0.893. The maximum atomic E-state index is 10.6. The van der Waals surface area contributed by atoms with Crippen molar-refractivity contribution in [3.05, 3.63) is 47.5 Å². The van der Waals surface area contributed by atoms with Crippen LogP contribution in [-0.4, -0.2) is 43.7 Å². The van der Waals surface area contributed by atoms with Crippen LogP contribution < -0.4 is 5.32 Å². The number of nitrogens with one attached hydrogen (secondary N) is 1. The Kier molecular flexibility index (Phi) is 14.3. The number of halogens is 1. The van der Waals surface area contributed by atoms with Crippen molar-refractivity contribution in [2.24, 2.45) is 11.8 Å². The highest BCUT2D eigenvalue weighted by molar-refractivity contribution is 6.30. The zero-order valence-corrected chi connectivity index (χ0v) is 16.9. The Bertz CT molecular complexity index is 602. The Labute approximate surface area is 170 Å². The zero-order valence-electron chi connectivity index (χ0n) is 16.2. The lowest BCUT2D eigenvalue weighted by Gasteiger charge is -1.98. The Morgan fingerprint density at radius 2 is 2.00 bits per heavy atom. The Hall–Kier alpha value is -2.38. The van der Waals surface area contributed by atoms with Crippen molar-refractivity contribution in [2.75, 3.05) is 13.7 Å². The highest BCUT2D eigenvalue weighted by Crippen LogP contribution is 2.42. The first-order valence-electron chi connectivity index (χ1n) is 8.82. The van der Waals surface area contributed by atoms with Crippen molar-refractivity contribution in [3.63, 3.8) is 0 Å². The van der Waals surface area contributed by atoms with E-state index in [0.29, 0.717) is 30.5 Å². The van der Waals surface area contributed by atoms with Gasteiger partial charge in [0.25, 0.3) is 12.9 Å². The van der Waals surface area contributed by atoms with Gasteiger partial charge in [0.1, 0.15) is 13.2 Å². The number of hydrogen-bond acceptors (Lipinski definition) is 6. The molecule has 0 bridgehead atoms. The van der Waals surface area contributed by atoms with E-state index < -0.39 is 5.97 Å². The summed E-state index contributed by atoms with van der Waals surface area (Å²) in [6.07, 6.45) is 3.61. The molecule has 7 nitrogen and oxygen atoms in total. The molecule has 2 N–H and O–H groups in total. The highest BCUT2D eigenvalue weighted by Gasteiger charge is 2.53. The molecule has 28 heavy (non-hydrogen) atoms. The van der Waals surface area contributed by atoms with Gasteiger partial charge < -0.3 is 19.9 Å². The van der Waals surface area contributed by atoms with Crippen LogP contribution in [0.2, 0.25) is 5.02 Å². The summed E-state index contributed by atoms with van der Waals surface area (Å²) in [6, 6.07) is 7.41. The number of carbonyl (C=O) groups excluding carboxylic acids is 2. The van der Waals surface area contributed by atoms with Gasteiger partial charge >= 0.3 is 5.97 Å². The van der Waals surface area contributed by atoms with E-state index in [2.05, 4.69) is 28.3 Å². The maximum absolute atomic E-state index is 10.6. The van der Waals surface area contributed by atoms with Gasteiger partial charge in [-0.2, -0.15) is 0 Å². The molecule has 8 heteroatoms. The summed E-state index contributed by atoms with van der Waals surface area (Å²) in [5.74, 6) is -0.398. The van der Waals surface area contributed by atoms with E-state index in [9.17, 15) is 14.4 Å². The molecule has 1 fully saturated rings. The molecule has 3 unspecified atom stereocenters. The van der Waals surface area contributed by atoms with E-state index >= 15 is 0 Å². The molecule has 0 radical (unpaired) electrons. The van der Waals surface area contributed by atoms with E-state index in [1.807, 2.05) is 19.2 Å². The van der Waals surface area contributed by atoms with E-state index in [-0.39, 0.29) is 18.6 Å². The smallest absolute Gasteiger partial charge is 0.308 e. The third kappa shape index (κ3) is 10.7. The van der Waals surface area contributed by atoms with Gasteiger partial charge in [0.15, 0.2) is 0 Å². The fourth-order valence-electron chi connectivity index (χ4n) is 2.66. The summed E-state index contributed by atoms with van der Waals surface area (Å²) in [4.78, 5) is 29.7. The third-order valence-corrected chi connectivity index (χ3v) is 4.13. The normalized spacial score (nSPS) is 18.9. The van der Waals surface area contributed by atoms with Crippen LogP contribution in [0.25, 0.3) is 0 Å². The molecule has 1 aliphatic rings. The lowest BCUT2D eigenvalue weighted by Crippen LogP contribution is -2.15. The molecule has 3 atom stereocenters. The molecule has 1 aromatic carbocycles. The first-order chi connectivity index (χ1) is 13.5. The van der Waals surface area contributed by atoms with E-state index in [4.69, 9.17) is 16.7 Å². The Balaban J connectivity index is 0.000000411. The molecular weight excluding hydrogens is 386 g/mol. The molecule has 1 aliphatic carbocycles. The summed E-state index contributed by atoms with van der Waals surface area (Å²) < 4.78 is 8.72. The molecule has 0 saturated heterocycles. The summed E-state index contributed by atoms with van der Waals surface area (Å²) in [5, 5.41) is 12.4. The lowest BCUT2D eigenvalue weighted by molar-refractivity contribution is -0.139. The van der Waals surface area contributed by atoms with Gasteiger partial charge in [0.2, 0.25) is 0 Å². The van der Waals surface area contributed by atoms with Gasteiger partial charge in [-0.25, -0.2) is 0 Å². The number of aliphatic carboxylic acids is 1. The van der Waals surface area contributed by atoms with Crippen LogP contribution >= 0.6 is 11.6 Å². The first-order valence-corrected chi connectivity index (χ1v) is 9.20. The summed E-state index contributed by atoms with van der Waals surface area (Å²) in [7, 11) is 1.83. The second-order valence-corrected chi connectivity index (χ2v) is 6.32. The number of carboxylic acids is 1. The van der Waals surface area contributed by atoms with Crippen LogP contribution in [-0.2, 0) is 30.5 Å². The number of ether oxygens (including phenoxy) is 2. The molecule has 0 spiro atoms. The number of rotatable bonds is 10. The fraction of sp³-hybridized carbons (Fsp3) is 0.450. The number of carbonyl (C=O) groups is 3. The molecule has 0 amide bonds. The van der Waals surface area contributed by atoms with Crippen molar-refractivity contribution >= 4 is 30.5 Å². The third-order valence-electron chi connectivity index (χ3n) is 3.90. The molecular formula is C20H28ClNO6. The molecule has 2 rings (SSSR count). The van der Waals surface area contributed by atoms with Crippen LogP contribution in [0.15, 0.2) is 36.9 Å². The largest absolute Gasteiger partial charge is 0.481 e. The Morgan fingerprint density at radius 3 is 2.39 bits per heavy atom. The monoisotopic (exact) mass is 413 g/mol. The van der Waals surface area contributed by atoms with Crippen molar-refractivity contribution in [2.45, 2.75) is 32.4 Å². The summed E-state index contributed by atoms with van der Waals surface area (Å²) >= 11 is 5.68. The highest BCUT2D eigenvalue weighted by atomic mass is 35.5. The zero-order chi connectivity index (χ0) is 21.4. The van der Waals surface area contributed by atoms with E-state index in [1.165, 1.54) is 6.08 Å². The van der Waals surface area contributed by atoms with Gasteiger partial charge in [-0.15, -0.1) is 0 Å². The van der Waals surface area contributed by atoms with Gasteiger partial charge in [-0.1, -0.05) is 49.7 Å². The predicted molar refractivity (Wildman–Crippen MR) is 107 cm³/mol. The molecule has 0 aliphatic heterocycles. The van der Waals surface area contributed by atoms with E-state index in [0.717, 1.165) is 18.4 Å². The minimum Gasteiger partial charge on any atom is -0.481 e. The van der Waals surface area contributed by atoms with Crippen molar-refractivity contribution in [1.29, 1.82) is 0 Å². The van der Waals surface area contributed by atoms with Crippen LogP contribution in [0.3, 0.4) is 0 Å². The topological polar surface area (TPSA) is 102 Å². The quantitative estimate of drug-likeness (QED) is 0.345. The molecule has 156 valence electrons. The molecule has 1 aromatic rings. The van der Waals surface area contributed by atoms with Crippen LogP contribution in [0, 0.1) is 11.8 Å². The maximum Gasteiger partial charge on any atom is 0.308 e. The first kappa shape index (κ1) is 25.6. The minimum atomic E-state index is -0.650. The molecule has 0 aromatic heterocycles. The van der Waals surface area contributed by atoms with Gasteiger partial charge in [-0.3, -0.25) is 14.4 Å². The standard InChI is InChI=1S/C8H7ClO2.C8H15NO2.C4H6O2/c9-8-3-1-2-7(4-8)5-11-6-10;1-3-4-5-6(8(10)11)7(5)9-2;1-2-3-6-4-5/h1-4,6H,5H2;5-7,9H,3-4H2,1-2H3,(H,10,11);2,4H,1,3H2. The number of carboxylic acid groups (broad SMARTS) is 1. The lowest BCUT2D eigenvalue weighted by atomic mass is 10.2. The van der Waals surface area contributed by atoms with E-state index in [1.54, 1.807) is 12.1 Å². The molecule has 0 heterocycles. The minimum absolute atomic E-state index is 0.125. The van der Waals surface area contributed by atoms with Gasteiger partial charge in [0, 0.05) is 11.1 Å². The van der Waals surface area contributed by atoms with Crippen molar-refractivity contribution in [3.8, 4) is 0 Å². The SMILES string of the molecule is C=CCOC=O.CCCC1C(NC)C1C(=O)O.O=COCc1cccc(Cl)c1. The van der Waals surface area contributed by atoms with Gasteiger partial charge in [0.05, 0.1) is 5.92 Å². The number of benzene rings is 1. The average molecular weight is 414 g/mol. The van der Waals surface area contributed by atoms with Crippen LogP contribution in [0.1, 0.15) is 25.3 Å². The van der Waals surface area contributed by atoms with Crippen molar-refractivity contribution in [1.82, 2.24) is 5.32 Å². The fourth-order valence-corrected chi connectivity index (χ4v) is 2.87. The van der Waals surface area contributed by atoms with Crippen LogP contribution in [0.4, 0.5) is 0 Å². The average Bonchev–Trinajstić information content (AvgIpc) is 3.39. The predicted octanol–water partition coefficient (Wildman–Crippen LogP) is 3.06. The second kappa shape index (κ2) is 15.7. The van der Waals surface area contributed by atoms with Crippen molar-refractivity contribution < 1.29 is 29.0 Å². The Morgan fingerprint density at radius 1 is 1.32 bits per heavy atom. The number of hydrogen-bond donors (Lipinski definition) is 2. The van der Waals surface area contributed by atoms with Crippen LogP contribution in [0.5, 0.6) is 0 Å². The summed E-state index contributed by atoms with van der Waals surface area (Å²) in [6.45, 7) is 6.80.